The minimum absolute atomic E-state index is 0.908. The van der Waals surface area contributed by atoms with Crippen LogP contribution >= 0.6 is 0 Å². The normalized spacial score (nSPS) is 10.6. The van der Waals surface area contributed by atoms with Gasteiger partial charge >= 0.3 is 11.8 Å². The second kappa shape index (κ2) is 8.51. The lowest BCUT2D eigenvalue weighted by molar-refractivity contribution is -0.684. The summed E-state index contributed by atoms with van der Waals surface area (Å²) in [5.74, 6) is 1.82. The number of ether oxygens (including phenoxy) is 2. The van der Waals surface area contributed by atoms with E-state index in [1.165, 1.54) is 30.7 Å². The minimum atomic E-state index is 0.908. The van der Waals surface area contributed by atoms with E-state index in [0.29, 0.717) is 0 Å². The van der Waals surface area contributed by atoms with E-state index < -0.39 is 0 Å². The summed E-state index contributed by atoms with van der Waals surface area (Å²) in [6.45, 7) is 0. The van der Waals surface area contributed by atoms with Gasteiger partial charge in [-0.05, 0) is 25.0 Å². The molecule has 0 aromatic carbocycles. The number of unbranched alkanes of at least 4 members (excludes halogenated alkanes) is 2. The van der Waals surface area contributed by atoms with Crippen LogP contribution in [0, 0.1) is 0 Å². The third-order valence-corrected chi connectivity index (χ3v) is 4.36. The predicted octanol–water partition coefficient (Wildman–Crippen LogP) is 2.31. The van der Waals surface area contributed by atoms with Gasteiger partial charge in [0.25, 0.3) is 0 Å². The molecule has 0 spiro atoms. The molecule has 2 aromatic rings. The van der Waals surface area contributed by atoms with Crippen LogP contribution in [0.2, 0.25) is 0 Å². The molecule has 4 nitrogen and oxygen atoms in total. The monoisotopic (exact) mass is 316 g/mol. The van der Waals surface area contributed by atoms with Crippen LogP contribution in [0.5, 0.6) is 11.8 Å². The van der Waals surface area contributed by atoms with E-state index >= 15 is 0 Å². The van der Waals surface area contributed by atoms with Crippen LogP contribution in [0.3, 0.4) is 0 Å². The largest absolute Gasteiger partial charge is 0.448 e. The third-order valence-electron chi connectivity index (χ3n) is 4.36. The number of aromatic nitrogens is 2. The topological polar surface area (TPSA) is 26.2 Å². The van der Waals surface area contributed by atoms with Crippen molar-refractivity contribution < 1.29 is 18.6 Å². The Balaban J connectivity index is 1.81. The Bertz CT molecular complexity index is 586. The van der Waals surface area contributed by atoms with E-state index in [-0.39, 0.29) is 0 Å². The van der Waals surface area contributed by atoms with E-state index in [2.05, 4.69) is 47.5 Å². The van der Waals surface area contributed by atoms with Crippen molar-refractivity contribution in [2.45, 2.75) is 32.1 Å². The molecule has 0 N–H and O–H groups in total. The maximum atomic E-state index is 5.35. The molecular weight excluding hydrogens is 288 g/mol. The Morgan fingerprint density at radius 2 is 1.13 bits per heavy atom. The summed E-state index contributed by atoms with van der Waals surface area (Å²) in [6.07, 6.45) is 5.76. The second-order valence-electron chi connectivity index (χ2n) is 5.80. The van der Waals surface area contributed by atoms with Crippen molar-refractivity contribution in [3.8, 4) is 11.8 Å². The van der Waals surface area contributed by atoms with Crippen molar-refractivity contribution in [2.24, 2.45) is 14.1 Å². The number of hydrogen-bond donors (Lipinski definition) is 0. The summed E-state index contributed by atoms with van der Waals surface area (Å²) in [6, 6.07) is 12.4. The Morgan fingerprint density at radius 3 is 1.52 bits per heavy atom. The zero-order valence-corrected chi connectivity index (χ0v) is 14.7. The van der Waals surface area contributed by atoms with Gasteiger partial charge < -0.3 is 9.47 Å². The molecule has 0 amide bonds. The van der Waals surface area contributed by atoms with Gasteiger partial charge in [0.15, 0.2) is 11.4 Å². The Labute approximate surface area is 139 Å². The molecule has 2 aromatic heterocycles. The number of rotatable bonds is 8. The van der Waals surface area contributed by atoms with Gasteiger partial charge in [0.1, 0.15) is 14.1 Å². The van der Waals surface area contributed by atoms with E-state index in [4.69, 9.17) is 9.47 Å². The third kappa shape index (κ3) is 4.44. The highest BCUT2D eigenvalue weighted by Crippen LogP contribution is 2.10. The lowest BCUT2D eigenvalue weighted by atomic mass is 10.1. The molecule has 0 unspecified atom stereocenters. The average molecular weight is 316 g/mol. The Kier molecular flexibility index (Phi) is 6.39. The molecule has 124 valence electrons. The van der Waals surface area contributed by atoms with Crippen LogP contribution in [-0.4, -0.2) is 14.2 Å². The molecule has 2 heterocycles. The molecule has 23 heavy (non-hydrogen) atoms. The first-order chi connectivity index (χ1) is 11.2. The maximum Gasteiger partial charge on any atom is 0.367 e. The molecule has 0 fully saturated rings. The highest BCUT2D eigenvalue weighted by molar-refractivity contribution is 5.08. The van der Waals surface area contributed by atoms with Gasteiger partial charge in [0, 0.05) is 25.0 Å². The Morgan fingerprint density at radius 1 is 0.696 bits per heavy atom. The SMILES string of the molecule is COc1cccc(CCCCCc2cccc(OC)[n+]2C)[n+]1C. The van der Waals surface area contributed by atoms with Crippen LogP contribution in [0.4, 0.5) is 0 Å². The molecule has 0 aliphatic carbocycles. The summed E-state index contributed by atoms with van der Waals surface area (Å²) < 4.78 is 15.0. The van der Waals surface area contributed by atoms with Gasteiger partial charge in [-0.2, -0.15) is 9.13 Å². The van der Waals surface area contributed by atoms with Gasteiger partial charge in [-0.1, -0.05) is 6.42 Å². The molecular formula is C19H28N2O2+2. The van der Waals surface area contributed by atoms with E-state index in [1.807, 2.05) is 12.1 Å². The lowest BCUT2D eigenvalue weighted by Gasteiger charge is -2.05. The second-order valence-corrected chi connectivity index (χ2v) is 5.80. The predicted molar refractivity (Wildman–Crippen MR) is 89.6 cm³/mol. The first kappa shape index (κ1) is 17.3. The van der Waals surface area contributed by atoms with Crippen LogP contribution in [0.1, 0.15) is 30.7 Å². The van der Waals surface area contributed by atoms with Gasteiger partial charge in [-0.15, -0.1) is 0 Å². The van der Waals surface area contributed by atoms with Gasteiger partial charge in [-0.3, -0.25) is 0 Å². The zero-order valence-electron chi connectivity index (χ0n) is 14.7. The van der Waals surface area contributed by atoms with Crippen LogP contribution in [0.25, 0.3) is 0 Å². The number of hydrogen-bond acceptors (Lipinski definition) is 2. The first-order valence-corrected chi connectivity index (χ1v) is 8.21. The van der Waals surface area contributed by atoms with Crippen molar-refractivity contribution in [3.63, 3.8) is 0 Å². The van der Waals surface area contributed by atoms with Crippen LogP contribution in [0.15, 0.2) is 36.4 Å². The fourth-order valence-electron chi connectivity index (χ4n) is 2.91. The highest BCUT2D eigenvalue weighted by atomic mass is 16.5. The lowest BCUT2D eigenvalue weighted by Crippen LogP contribution is -2.35. The molecule has 0 saturated carbocycles. The number of pyridine rings is 2. The van der Waals surface area contributed by atoms with Crippen molar-refractivity contribution in [1.29, 1.82) is 0 Å². The smallest absolute Gasteiger partial charge is 0.367 e. The molecule has 0 atom stereocenters. The summed E-state index contributed by atoms with van der Waals surface area (Å²) in [4.78, 5) is 0. The molecule has 0 aliphatic rings. The van der Waals surface area contributed by atoms with Gasteiger partial charge in [0.05, 0.1) is 26.4 Å². The summed E-state index contributed by atoms with van der Waals surface area (Å²) in [5, 5.41) is 0. The zero-order chi connectivity index (χ0) is 16.7. The minimum Gasteiger partial charge on any atom is -0.448 e. The molecule has 0 saturated heterocycles. The van der Waals surface area contributed by atoms with Gasteiger partial charge in [-0.25, -0.2) is 0 Å². The number of aryl methyl sites for hydroxylation is 2. The van der Waals surface area contributed by atoms with E-state index in [0.717, 1.165) is 24.6 Å². The molecule has 0 bridgehead atoms. The number of nitrogens with zero attached hydrogens (tertiary/aromatic N) is 2. The van der Waals surface area contributed by atoms with Crippen molar-refractivity contribution in [3.05, 3.63) is 47.8 Å². The molecule has 0 aliphatic heterocycles. The van der Waals surface area contributed by atoms with Crippen molar-refractivity contribution in [1.82, 2.24) is 0 Å². The first-order valence-electron chi connectivity index (χ1n) is 8.21. The van der Waals surface area contributed by atoms with Crippen molar-refractivity contribution in [2.75, 3.05) is 14.2 Å². The maximum absolute atomic E-state index is 5.35. The fraction of sp³-hybridized carbons (Fsp3) is 0.474. The van der Waals surface area contributed by atoms with E-state index in [9.17, 15) is 0 Å². The fourth-order valence-corrected chi connectivity index (χ4v) is 2.91. The summed E-state index contributed by atoms with van der Waals surface area (Å²) >= 11 is 0. The highest BCUT2D eigenvalue weighted by Gasteiger charge is 2.13. The molecule has 4 heteroatoms. The molecule has 0 radical (unpaired) electrons. The standard InChI is InChI=1S/C19H28N2O2/c1-20-16(12-8-14-18(20)22-3)10-6-5-7-11-17-13-9-15-19(23-4)21(17)2/h8-9,12-15H,5-7,10-11H2,1-4H3/q+2. The van der Waals surface area contributed by atoms with E-state index in [1.54, 1.807) is 14.2 Å². The molecule has 2 rings (SSSR count). The number of methoxy groups -OCH3 is 2. The Hall–Kier alpha value is -2.10. The van der Waals surface area contributed by atoms with Crippen molar-refractivity contribution >= 4 is 0 Å². The average Bonchev–Trinajstić information content (AvgIpc) is 2.57. The van der Waals surface area contributed by atoms with Crippen LogP contribution < -0.4 is 18.6 Å². The summed E-state index contributed by atoms with van der Waals surface area (Å²) in [7, 11) is 7.55. The summed E-state index contributed by atoms with van der Waals surface area (Å²) in [5.41, 5.74) is 2.63. The van der Waals surface area contributed by atoms with Gasteiger partial charge in [0.2, 0.25) is 0 Å². The quantitative estimate of drug-likeness (QED) is 0.552. The van der Waals surface area contributed by atoms with Crippen LogP contribution in [-0.2, 0) is 26.9 Å².